The lowest BCUT2D eigenvalue weighted by atomic mass is 10.1. The highest BCUT2D eigenvalue weighted by Crippen LogP contribution is 2.07. The number of hydrogen-bond acceptors (Lipinski definition) is 2. The van der Waals surface area contributed by atoms with Crippen LogP contribution in [0.25, 0.3) is 0 Å². The van der Waals surface area contributed by atoms with E-state index in [2.05, 4.69) is 24.3 Å². The van der Waals surface area contributed by atoms with E-state index in [-0.39, 0.29) is 6.61 Å². The van der Waals surface area contributed by atoms with E-state index in [1.54, 1.807) is 0 Å². The van der Waals surface area contributed by atoms with E-state index >= 15 is 0 Å². The third-order valence-electron chi connectivity index (χ3n) is 2.10. The van der Waals surface area contributed by atoms with Gasteiger partial charge in [-0.25, -0.2) is 0 Å². The van der Waals surface area contributed by atoms with Crippen LogP contribution in [0.1, 0.15) is 17.5 Å². The predicted molar refractivity (Wildman–Crippen MR) is 52.6 cm³/mol. The molecule has 0 fully saturated rings. The Kier molecular flexibility index (Phi) is 3.93. The minimum absolute atomic E-state index is 0.147. The van der Waals surface area contributed by atoms with Crippen molar-refractivity contribution in [2.45, 2.75) is 25.9 Å². The third-order valence-corrected chi connectivity index (χ3v) is 2.10. The van der Waals surface area contributed by atoms with Crippen molar-refractivity contribution in [3.05, 3.63) is 35.4 Å². The second kappa shape index (κ2) is 5.00. The SMILES string of the molecule is Cc1ccc(CC[C@H](O)CO)cc1. The van der Waals surface area contributed by atoms with Crippen LogP contribution in [0.2, 0.25) is 0 Å². The average Bonchev–Trinajstić information content (AvgIpc) is 2.16. The number of hydrogen-bond donors (Lipinski definition) is 2. The smallest absolute Gasteiger partial charge is 0.0774 e. The van der Waals surface area contributed by atoms with Crippen LogP contribution in [-0.4, -0.2) is 22.9 Å². The molecule has 0 saturated carbocycles. The summed E-state index contributed by atoms with van der Waals surface area (Å²) in [5.74, 6) is 0. The van der Waals surface area contributed by atoms with Gasteiger partial charge in [-0.2, -0.15) is 0 Å². The molecule has 2 nitrogen and oxygen atoms in total. The monoisotopic (exact) mass is 180 g/mol. The van der Waals surface area contributed by atoms with Crippen molar-refractivity contribution in [1.82, 2.24) is 0 Å². The van der Waals surface area contributed by atoms with E-state index in [0.717, 1.165) is 6.42 Å². The zero-order chi connectivity index (χ0) is 9.68. The van der Waals surface area contributed by atoms with Crippen LogP contribution in [0.4, 0.5) is 0 Å². The summed E-state index contributed by atoms with van der Waals surface area (Å²) < 4.78 is 0. The van der Waals surface area contributed by atoms with Crippen molar-refractivity contribution in [3.63, 3.8) is 0 Å². The summed E-state index contributed by atoms with van der Waals surface area (Å²) in [6.45, 7) is 1.90. The number of aliphatic hydroxyl groups excluding tert-OH is 2. The molecule has 2 heteroatoms. The summed E-state index contributed by atoms with van der Waals surface area (Å²) in [6, 6.07) is 8.22. The molecule has 0 aliphatic carbocycles. The fourth-order valence-corrected chi connectivity index (χ4v) is 1.18. The van der Waals surface area contributed by atoms with E-state index in [4.69, 9.17) is 10.2 Å². The van der Waals surface area contributed by atoms with E-state index < -0.39 is 6.10 Å². The van der Waals surface area contributed by atoms with Crippen LogP contribution < -0.4 is 0 Å². The number of benzene rings is 1. The first kappa shape index (κ1) is 10.2. The number of aryl methyl sites for hydroxylation is 2. The Hall–Kier alpha value is -0.860. The first-order chi connectivity index (χ1) is 6.22. The zero-order valence-electron chi connectivity index (χ0n) is 7.90. The molecule has 1 atom stereocenters. The van der Waals surface area contributed by atoms with Gasteiger partial charge in [0.15, 0.2) is 0 Å². The highest BCUT2D eigenvalue weighted by molar-refractivity contribution is 5.21. The molecule has 0 aliphatic heterocycles. The Morgan fingerprint density at radius 3 is 2.38 bits per heavy atom. The van der Waals surface area contributed by atoms with Gasteiger partial charge in [0.05, 0.1) is 12.7 Å². The molecule has 0 spiro atoms. The molecule has 1 aromatic rings. The molecule has 1 aromatic carbocycles. The fourth-order valence-electron chi connectivity index (χ4n) is 1.18. The van der Waals surface area contributed by atoms with E-state index in [9.17, 15) is 0 Å². The van der Waals surface area contributed by atoms with Crippen LogP contribution in [0.5, 0.6) is 0 Å². The third kappa shape index (κ3) is 3.57. The number of aliphatic hydroxyl groups is 2. The molecule has 13 heavy (non-hydrogen) atoms. The maximum absolute atomic E-state index is 9.12. The molecule has 0 aliphatic rings. The molecule has 0 aromatic heterocycles. The zero-order valence-corrected chi connectivity index (χ0v) is 7.90. The lowest BCUT2D eigenvalue weighted by Crippen LogP contribution is -2.12. The molecule has 1 rings (SSSR count). The van der Waals surface area contributed by atoms with Gasteiger partial charge in [-0.15, -0.1) is 0 Å². The maximum atomic E-state index is 9.12. The maximum Gasteiger partial charge on any atom is 0.0774 e. The molecule has 0 radical (unpaired) electrons. The van der Waals surface area contributed by atoms with Crippen molar-refractivity contribution < 1.29 is 10.2 Å². The van der Waals surface area contributed by atoms with E-state index in [1.165, 1.54) is 11.1 Å². The molecule has 0 saturated heterocycles. The fraction of sp³-hybridized carbons (Fsp3) is 0.455. The van der Waals surface area contributed by atoms with Crippen LogP contribution in [0.15, 0.2) is 24.3 Å². The average molecular weight is 180 g/mol. The quantitative estimate of drug-likeness (QED) is 0.732. The highest BCUT2D eigenvalue weighted by Gasteiger charge is 2.01. The molecule has 0 amide bonds. The summed E-state index contributed by atoms with van der Waals surface area (Å²) in [5.41, 5.74) is 2.45. The summed E-state index contributed by atoms with van der Waals surface area (Å²) in [5, 5.41) is 17.7. The van der Waals surface area contributed by atoms with Crippen molar-refractivity contribution in [3.8, 4) is 0 Å². The van der Waals surface area contributed by atoms with Gasteiger partial charge in [0.25, 0.3) is 0 Å². The van der Waals surface area contributed by atoms with Crippen LogP contribution in [-0.2, 0) is 6.42 Å². The van der Waals surface area contributed by atoms with E-state index in [1.807, 2.05) is 6.92 Å². The first-order valence-electron chi connectivity index (χ1n) is 4.57. The summed E-state index contributed by atoms with van der Waals surface area (Å²) >= 11 is 0. The Labute approximate surface area is 78.8 Å². The molecule has 2 N–H and O–H groups in total. The van der Waals surface area contributed by atoms with Crippen molar-refractivity contribution >= 4 is 0 Å². The highest BCUT2D eigenvalue weighted by atomic mass is 16.3. The molecular formula is C11H16O2. The normalized spacial score (nSPS) is 12.8. The molecular weight excluding hydrogens is 164 g/mol. The van der Waals surface area contributed by atoms with Gasteiger partial charge in [0.1, 0.15) is 0 Å². The predicted octanol–water partition coefficient (Wildman–Crippen LogP) is 1.28. The van der Waals surface area contributed by atoms with Gasteiger partial charge in [-0.3, -0.25) is 0 Å². The van der Waals surface area contributed by atoms with Crippen molar-refractivity contribution in [2.75, 3.05) is 6.61 Å². The summed E-state index contributed by atoms with van der Waals surface area (Å²) in [7, 11) is 0. The van der Waals surface area contributed by atoms with Gasteiger partial charge >= 0.3 is 0 Å². The molecule has 0 heterocycles. The molecule has 0 unspecified atom stereocenters. The topological polar surface area (TPSA) is 40.5 Å². The minimum atomic E-state index is -0.582. The Balaban J connectivity index is 2.41. The Bertz CT molecular complexity index is 241. The van der Waals surface area contributed by atoms with Gasteiger partial charge in [0.2, 0.25) is 0 Å². The van der Waals surface area contributed by atoms with Crippen LogP contribution >= 0.6 is 0 Å². The minimum Gasteiger partial charge on any atom is -0.394 e. The van der Waals surface area contributed by atoms with Gasteiger partial charge in [-0.1, -0.05) is 29.8 Å². The molecule has 72 valence electrons. The van der Waals surface area contributed by atoms with Crippen LogP contribution in [0, 0.1) is 6.92 Å². The number of rotatable bonds is 4. The standard InChI is InChI=1S/C11H16O2/c1-9-2-4-10(5-3-9)6-7-11(13)8-12/h2-5,11-13H,6-8H2,1H3/t11-/m0/s1. The van der Waals surface area contributed by atoms with Crippen molar-refractivity contribution in [2.24, 2.45) is 0 Å². The lowest BCUT2D eigenvalue weighted by molar-refractivity contribution is 0.0886. The van der Waals surface area contributed by atoms with E-state index in [0.29, 0.717) is 6.42 Å². The summed E-state index contributed by atoms with van der Waals surface area (Å²) in [6.07, 6.45) is 0.864. The molecule has 0 bridgehead atoms. The Morgan fingerprint density at radius 2 is 1.85 bits per heavy atom. The first-order valence-corrected chi connectivity index (χ1v) is 4.57. The second-order valence-corrected chi connectivity index (χ2v) is 3.36. The van der Waals surface area contributed by atoms with Gasteiger partial charge < -0.3 is 10.2 Å². The lowest BCUT2D eigenvalue weighted by Gasteiger charge is -2.06. The second-order valence-electron chi connectivity index (χ2n) is 3.36. The largest absolute Gasteiger partial charge is 0.394 e. The van der Waals surface area contributed by atoms with Crippen molar-refractivity contribution in [1.29, 1.82) is 0 Å². The van der Waals surface area contributed by atoms with Crippen LogP contribution in [0.3, 0.4) is 0 Å². The summed E-state index contributed by atoms with van der Waals surface area (Å²) in [4.78, 5) is 0. The van der Waals surface area contributed by atoms with Gasteiger partial charge in [0, 0.05) is 0 Å². The Morgan fingerprint density at radius 1 is 1.23 bits per heavy atom. The van der Waals surface area contributed by atoms with Gasteiger partial charge in [-0.05, 0) is 25.3 Å².